The Hall–Kier alpha value is -2.55. The van der Waals surface area contributed by atoms with Crippen molar-refractivity contribution in [3.8, 4) is 11.3 Å². The fraction of sp³-hybridized carbons (Fsp3) is 0.211. The van der Waals surface area contributed by atoms with Gasteiger partial charge >= 0.3 is 0 Å². The highest BCUT2D eigenvalue weighted by molar-refractivity contribution is 5.58. The second-order valence-electron chi connectivity index (χ2n) is 5.42. The highest BCUT2D eigenvalue weighted by Gasteiger charge is 2.07. The maximum absolute atomic E-state index is 9.43. The molecule has 0 saturated heterocycles. The minimum absolute atomic E-state index is 0.317. The van der Waals surface area contributed by atoms with E-state index < -0.39 is 0 Å². The maximum atomic E-state index is 9.43. The van der Waals surface area contributed by atoms with Gasteiger partial charge in [-0.2, -0.15) is 0 Å². The standard InChI is InChI=1S/C19H19NO2/c21-17-10-4-6-15(12-13-17)7-5-11-18-14-19(20-22-18)16-8-2-1-3-9-16/h1-4,8-10,12-14,21H,5-7,11H2. The van der Waals surface area contributed by atoms with Crippen molar-refractivity contribution in [1.29, 1.82) is 0 Å². The Labute approximate surface area is 130 Å². The fourth-order valence-electron chi connectivity index (χ4n) is 2.51. The Morgan fingerprint density at radius 3 is 2.82 bits per heavy atom. The summed E-state index contributed by atoms with van der Waals surface area (Å²) in [7, 11) is 0. The van der Waals surface area contributed by atoms with E-state index in [1.54, 1.807) is 12.2 Å². The lowest BCUT2D eigenvalue weighted by Gasteiger charge is -2.01. The van der Waals surface area contributed by atoms with E-state index in [-0.39, 0.29) is 0 Å². The fourth-order valence-corrected chi connectivity index (χ4v) is 2.51. The lowest BCUT2D eigenvalue weighted by Crippen LogP contribution is -1.86. The number of hydrogen-bond donors (Lipinski definition) is 1. The van der Waals surface area contributed by atoms with Crippen molar-refractivity contribution >= 4 is 0 Å². The van der Waals surface area contributed by atoms with E-state index in [2.05, 4.69) is 5.16 Å². The van der Waals surface area contributed by atoms with Gasteiger partial charge in [-0.1, -0.05) is 53.2 Å². The molecule has 0 bridgehead atoms. The molecule has 0 radical (unpaired) electrons. The van der Waals surface area contributed by atoms with E-state index in [4.69, 9.17) is 4.52 Å². The molecular weight excluding hydrogens is 274 g/mol. The first-order valence-corrected chi connectivity index (χ1v) is 7.57. The molecule has 0 saturated carbocycles. The number of aromatic nitrogens is 1. The van der Waals surface area contributed by atoms with Crippen molar-refractivity contribution in [1.82, 2.24) is 5.16 Å². The molecule has 1 aliphatic carbocycles. The first-order chi connectivity index (χ1) is 10.8. The Morgan fingerprint density at radius 2 is 1.95 bits per heavy atom. The molecule has 22 heavy (non-hydrogen) atoms. The molecule has 1 N–H and O–H groups in total. The second-order valence-corrected chi connectivity index (χ2v) is 5.42. The van der Waals surface area contributed by atoms with E-state index in [1.807, 2.05) is 48.6 Å². The zero-order chi connectivity index (χ0) is 15.2. The first kappa shape index (κ1) is 14.4. The summed E-state index contributed by atoms with van der Waals surface area (Å²) in [5.74, 6) is 1.24. The quantitative estimate of drug-likeness (QED) is 0.844. The Bertz CT molecular complexity index is 708. The van der Waals surface area contributed by atoms with Crippen molar-refractivity contribution in [3.05, 3.63) is 77.8 Å². The van der Waals surface area contributed by atoms with Crippen molar-refractivity contribution in [3.63, 3.8) is 0 Å². The van der Waals surface area contributed by atoms with E-state index >= 15 is 0 Å². The topological polar surface area (TPSA) is 46.3 Å². The summed E-state index contributed by atoms with van der Waals surface area (Å²) in [5.41, 5.74) is 3.29. The van der Waals surface area contributed by atoms with Gasteiger partial charge in [-0.25, -0.2) is 0 Å². The SMILES string of the molecule is OC1=CC=C(CCCc2cc(-c3ccccc3)no2)CC=C1. The molecule has 0 atom stereocenters. The lowest BCUT2D eigenvalue weighted by atomic mass is 10.0. The van der Waals surface area contributed by atoms with Crippen LogP contribution >= 0.6 is 0 Å². The third kappa shape index (κ3) is 3.76. The van der Waals surface area contributed by atoms with Gasteiger partial charge in [0.25, 0.3) is 0 Å². The molecular formula is C19H19NO2. The second kappa shape index (κ2) is 6.94. The lowest BCUT2D eigenvalue weighted by molar-refractivity contribution is 0.382. The van der Waals surface area contributed by atoms with Crippen LogP contribution in [0.2, 0.25) is 0 Å². The molecule has 3 nitrogen and oxygen atoms in total. The zero-order valence-electron chi connectivity index (χ0n) is 12.4. The van der Waals surface area contributed by atoms with Crippen LogP contribution in [0.15, 0.2) is 76.6 Å². The summed E-state index contributed by atoms with van der Waals surface area (Å²) in [6.45, 7) is 0. The molecule has 3 rings (SSSR count). The van der Waals surface area contributed by atoms with Crippen LogP contribution in [0.5, 0.6) is 0 Å². The molecule has 0 unspecified atom stereocenters. The van der Waals surface area contributed by atoms with E-state index in [9.17, 15) is 5.11 Å². The summed E-state index contributed by atoms with van der Waals surface area (Å²) in [6, 6.07) is 12.1. The van der Waals surface area contributed by atoms with Crippen LogP contribution < -0.4 is 0 Å². The molecule has 2 aromatic rings. The summed E-state index contributed by atoms with van der Waals surface area (Å²) in [5, 5.41) is 13.6. The van der Waals surface area contributed by atoms with Gasteiger partial charge in [-0.3, -0.25) is 0 Å². The highest BCUT2D eigenvalue weighted by atomic mass is 16.5. The minimum Gasteiger partial charge on any atom is -0.508 e. The molecule has 1 aromatic carbocycles. The van der Waals surface area contributed by atoms with Crippen LogP contribution in [0.25, 0.3) is 11.3 Å². The molecule has 0 amide bonds. The molecule has 0 fully saturated rings. The molecule has 1 aliphatic rings. The summed E-state index contributed by atoms with van der Waals surface area (Å²) in [4.78, 5) is 0. The van der Waals surface area contributed by atoms with Crippen molar-refractivity contribution < 1.29 is 9.63 Å². The zero-order valence-corrected chi connectivity index (χ0v) is 12.4. The van der Waals surface area contributed by atoms with E-state index in [0.717, 1.165) is 42.7 Å². The Kier molecular flexibility index (Phi) is 4.54. The molecule has 1 heterocycles. The van der Waals surface area contributed by atoms with Gasteiger partial charge in [-0.05, 0) is 31.4 Å². The van der Waals surface area contributed by atoms with Gasteiger partial charge in [0.05, 0.1) is 0 Å². The number of hydrogen-bond acceptors (Lipinski definition) is 3. The van der Waals surface area contributed by atoms with Crippen LogP contribution in [0, 0.1) is 0 Å². The third-order valence-electron chi connectivity index (χ3n) is 3.71. The Balaban J connectivity index is 1.55. The average Bonchev–Trinajstić information content (AvgIpc) is 2.92. The number of allylic oxidation sites excluding steroid dienone is 5. The minimum atomic E-state index is 0.317. The Morgan fingerprint density at radius 1 is 1.09 bits per heavy atom. The summed E-state index contributed by atoms with van der Waals surface area (Å²) >= 11 is 0. The third-order valence-corrected chi connectivity index (χ3v) is 3.71. The van der Waals surface area contributed by atoms with Gasteiger partial charge in [-0.15, -0.1) is 0 Å². The van der Waals surface area contributed by atoms with Gasteiger partial charge in [0.2, 0.25) is 0 Å². The van der Waals surface area contributed by atoms with E-state index in [1.165, 1.54) is 5.57 Å². The van der Waals surface area contributed by atoms with Crippen LogP contribution in [0.4, 0.5) is 0 Å². The molecule has 0 spiro atoms. The predicted molar refractivity (Wildman–Crippen MR) is 87.4 cm³/mol. The number of aliphatic hydroxyl groups excluding tert-OH is 1. The van der Waals surface area contributed by atoms with E-state index in [0.29, 0.717) is 5.76 Å². The van der Waals surface area contributed by atoms with Gasteiger partial charge < -0.3 is 9.63 Å². The summed E-state index contributed by atoms with van der Waals surface area (Å²) in [6.07, 6.45) is 11.3. The first-order valence-electron chi connectivity index (χ1n) is 7.57. The van der Waals surface area contributed by atoms with Gasteiger partial charge in [0, 0.05) is 18.1 Å². The van der Waals surface area contributed by atoms with Crippen LogP contribution in [0.3, 0.4) is 0 Å². The van der Waals surface area contributed by atoms with Gasteiger partial charge in [0.1, 0.15) is 17.2 Å². The van der Waals surface area contributed by atoms with Crippen LogP contribution in [-0.4, -0.2) is 10.3 Å². The predicted octanol–water partition coefficient (Wildman–Crippen LogP) is 4.99. The van der Waals surface area contributed by atoms with Crippen molar-refractivity contribution in [2.24, 2.45) is 0 Å². The monoisotopic (exact) mass is 293 g/mol. The molecule has 112 valence electrons. The van der Waals surface area contributed by atoms with Crippen molar-refractivity contribution in [2.45, 2.75) is 25.7 Å². The number of rotatable bonds is 5. The average molecular weight is 293 g/mol. The van der Waals surface area contributed by atoms with Crippen LogP contribution in [-0.2, 0) is 6.42 Å². The smallest absolute Gasteiger partial charge is 0.137 e. The molecule has 3 heteroatoms. The maximum Gasteiger partial charge on any atom is 0.137 e. The normalized spacial score (nSPS) is 14.4. The number of aliphatic hydroxyl groups is 1. The molecule has 1 aromatic heterocycles. The largest absolute Gasteiger partial charge is 0.508 e. The highest BCUT2D eigenvalue weighted by Crippen LogP contribution is 2.21. The summed E-state index contributed by atoms with van der Waals surface area (Å²) < 4.78 is 5.41. The van der Waals surface area contributed by atoms with Gasteiger partial charge in [0.15, 0.2) is 0 Å². The molecule has 0 aliphatic heterocycles. The van der Waals surface area contributed by atoms with Crippen LogP contribution in [0.1, 0.15) is 25.0 Å². The number of benzene rings is 1. The number of aryl methyl sites for hydroxylation is 1. The van der Waals surface area contributed by atoms with Crippen molar-refractivity contribution in [2.75, 3.05) is 0 Å². The number of nitrogens with zero attached hydrogens (tertiary/aromatic N) is 1.